The molecule has 0 saturated carbocycles. The zero-order valence-electron chi connectivity index (χ0n) is 11.3. The van der Waals surface area contributed by atoms with E-state index >= 15 is 0 Å². The second kappa shape index (κ2) is 5.48. The SMILES string of the molecule is N#Cc1nccc2cc(N3CCCC[C@@H]3CO)ccc12. The monoisotopic (exact) mass is 267 g/mol. The van der Waals surface area contributed by atoms with Crippen molar-refractivity contribution in [2.45, 2.75) is 25.3 Å². The van der Waals surface area contributed by atoms with Crippen molar-refractivity contribution in [2.24, 2.45) is 0 Å². The van der Waals surface area contributed by atoms with Crippen LogP contribution in [0.2, 0.25) is 0 Å². The Labute approximate surface area is 118 Å². The van der Waals surface area contributed by atoms with Crippen molar-refractivity contribution in [3.63, 3.8) is 0 Å². The van der Waals surface area contributed by atoms with Crippen molar-refractivity contribution in [3.05, 3.63) is 36.2 Å². The minimum atomic E-state index is 0.192. The number of nitrogens with zero attached hydrogens (tertiary/aromatic N) is 3. The molecule has 1 aromatic carbocycles. The number of rotatable bonds is 2. The van der Waals surface area contributed by atoms with Gasteiger partial charge in [0.2, 0.25) is 0 Å². The van der Waals surface area contributed by atoms with E-state index in [0.29, 0.717) is 5.69 Å². The predicted octanol–water partition coefficient (Wildman–Crippen LogP) is 2.46. The molecule has 4 heteroatoms. The molecule has 1 atom stereocenters. The van der Waals surface area contributed by atoms with Gasteiger partial charge in [0, 0.05) is 23.8 Å². The third-order valence-electron chi connectivity index (χ3n) is 4.02. The van der Waals surface area contributed by atoms with Gasteiger partial charge in [-0.05, 0) is 48.9 Å². The van der Waals surface area contributed by atoms with E-state index < -0.39 is 0 Å². The second-order valence-electron chi connectivity index (χ2n) is 5.20. The van der Waals surface area contributed by atoms with Gasteiger partial charge in [0.25, 0.3) is 0 Å². The number of aromatic nitrogens is 1. The summed E-state index contributed by atoms with van der Waals surface area (Å²) in [5, 5.41) is 20.5. The third kappa shape index (κ3) is 2.21. The number of piperidine rings is 1. The van der Waals surface area contributed by atoms with Crippen LogP contribution < -0.4 is 4.90 Å². The average Bonchev–Trinajstić information content (AvgIpc) is 2.53. The Morgan fingerprint density at radius 1 is 1.35 bits per heavy atom. The molecule has 1 aliphatic heterocycles. The molecule has 4 nitrogen and oxygen atoms in total. The first-order chi connectivity index (χ1) is 9.83. The van der Waals surface area contributed by atoms with Gasteiger partial charge < -0.3 is 10.0 Å². The molecule has 3 rings (SSSR count). The van der Waals surface area contributed by atoms with Crippen LogP contribution in [0.1, 0.15) is 25.0 Å². The predicted molar refractivity (Wildman–Crippen MR) is 78.5 cm³/mol. The van der Waals surface area contributed by atoms with Crippen molar-refractivity contribution in [3.8, 4) is 6.07 Å². The first-order valence-electron chi connectivity index (χ1n) is 7.00. The van der Waals surface area contributed by atoms with Crippen LogP contribution in [-0.2, 0) is 0 Å². The molecule has 2 aromatic rings. The van der Waals surface area contributed by atoms with Gasteiger partial charge >= 0.3 is 0 Å². The Balaban J connectivity index is 2.03. The van der Waals surface area contributed by atoms with Crippen LogP contribution in [0.5, 0.6) is 0 Å². The summed E-state index contributed by atoms with van der Waals surface area (Å²) in [7, 11) is 0. The van der Waals surface area contributed by atoms with Crippen LogP contribution >= 0.6 is 0 Å². The van der Waals surface area contributed by atoms with Crippen molar-refractivity contribution in [1.29, 1.82) is 5.26 Å². The van der Waals surface area contributed by atoms with Crippen LogP contribution in [0.3, 0.4) is 0 Å². The summed E-state index contributed by atoms with van der Waals surface area (Å²) in [6.45, 7) is 1.17. The number of pyridine rings is 1. The highest BCUT2D eigenvalue weighted by molar-refractivity contribution is 5.89. The number of fused-ring (bicyclic) bond motifs is 1. The lowest BCUT2D eigenvalue weighted by atomic mass is 10.0. The summed E-state index contributed by atoms with van der Waals surface area (Å²) >= 11 is 0. The first kappa shape index (κ1) is 12.9. The number of hydrogen-bond donors (Lipinski definition) is 1. The highest BCUT2D eigenvalue weighted by Gasteiger charge is 2.22. The molecule has 0 aliphatic carbocycles. The van der Waals surface area contributed by atoms with E-state index in [1.54, 1.807) is 6.20 Å². The zero-order valence-corrected chi connectivity index (χ0v) is 11.3. The molecule has 0 unspecified atom stereocenters. The number of aliphatic hydroxyl groups is 1. The van der Waals surface area contributed by atoms with Crippen LogP contribution in [0.25, 0.3) is 10.8 Å². The first-order valence-corrected chi connectivity index (χ1v) is 7.00. The summed E-state index contributed by atoms with van der Waals surface area (Å²) in [6.07, 6.45) is 5.05. The summed E-state index contributed by atoms with van der Waals surface area (Å²) in [6, 6.07) is 10.3. The number of aliphatic hydroxyl groups excluding tert-OH is 1. The van der Waals surface area contributed by atoms with Crippen LogP contribution in [0.15, 0.2) is 30.5 Å². The highest BCUT2D eigenvalue weighted by Crippen LogP contribution is 2.28. The van der Waals surface area contributed by atoms with Gasteiger partial charge in [0.15, 0.2) is 0 Å². The van der Waals surface area contributed by atoms with Gasteiger partial charge in [-0.2, -0.15) is 5.26 Å². The Hall–Kier alpha value is -2.12. The van der Waals surface area contributed by atoms with Gasteiger partial charge in [-0.25, -0.2) is 4.98 Å². The quantitative estimate of drug-likeness (QED) is 0.908. The molecule has 0 spiro atoms. The fourth-order valence-corrected chi connectivity index (χ4v) is 2.96. The Bertz CT molecular complexity index is 662. The van der Waals surface area contributed by atoms with Gasteiger partial charge in [0.1, 0.15) is 11.8 Å². The number of hydrogen-bond acceptors (Lipinski definition) is 4. The van der Waals surface area contributed by atoms with Gasteiger partial charge in [-0.15, -0.1) is 0 Å². The maximum atomic E-state index is 9.52. The lowest BCUT2D eigenvalue weighted by Crippen LogP contribution is -2.41. The molecule has 1 aromatic heterocycles. The smallest absolute Gasteiger partial charge is 0.148 e. The maximum absolute atomic E-state index is 9.52. The van der Waals surface area contributed by atoms with Gasteiger partial charge in [0.05, 0.1) is 12.6 Å². The van der Waals surface area contributed by atoms with Gasteiger partial charge in [-0.3, -0.25) is 0 Å². The third-order valence-corrected chi connectivity index (χ3v) is 4.02. The molecule has 20 heavy (non-hydrogen) atoms. The summed E-state index contributed by atoms with van der Waals surface area (Å²) in [5.41, 5.74) is 1.58. The fraction of sp³-hybridized carbons (Fsp3) is 0.375. The second-order valence-corrected chi connectivity index (χ2v) is 5.20. The van der Waals surface area contributed by atoms with Crippen molar-refractivity contribution < 1.29 is 5.11 Å². The Kier molecular flexibility index (Phi) is 3.53. The van der Waals surface area contributed by atoms with E-state index in [0.717, 1.165) is 35.8 Å². The molecule has 0 bridgehead atoms. The number of nitriles is 1. The van der Waals surface area contributed by atoms with E-state index in [4.69, 9.17) is 5.26 Å². The largest absolute Gasteiger partial charge is 0.394 e. The molecule has 2 heterocycles. The molecule has 0 radical (unpaired) electrons. The molecule has 1 aliphatic rings. The van der Waals surface area contributed by atoms with E-state index in [1.807, 2.05) is 18.2 Å². The molecule has 1 N–H and O–H groups in total. The maximum Gasteiger partial charge on any atom is 0.148 e. The summed E-state index contributed by atoms with van der Waals surface area (Å²) < 4.78 is 0. The minimum Gasteiger partial charge on any atom is -0.394 e. The van der Waals surface area contributed by atoms with Gasteiger partial charge in [-0.1, -0.05) is 0 Å². The lowest BCUT2D eigenvalue weighted by Gasteiger charge is -2.36. The average molecular weight is 267 g/mol. The topological polar surface area (TPSA) is 60.2 Å². The zero-order chi connectivity index (χ0) is 13.9. The Morgan fingerprint density at radius 3 is 3.05 bits per heavy atom. The van der Waals surface area contributed by atoms with Crippen molar-refractivity contribution in [1.82, 2.24) is 4.98 Å². The van der Waals surface area contributed by atoms with Crippen LogP contribution in [0.4, 0.5) is 5.69 Å². The van der Waals surface area contributed by atoms with Crippen molar-refractivity contribution in [2.75, 3.05) is 18.1 Å². The normalized spacial score (nSPS) is 19.0. The number of anilines is 1. The lowest BCUT2D eigenvalue weighted by molar-refractivity contribution is 0.240. The molecular weight excluding hydrogens is 250 g/mol. The van der Waals surface area contributed by atoms with Crippen LogP contribution in [0, 0.1) is 11.3 Å². The Morgan fingerprint density at radius 2 is 2.25 bits per heavy atom. The molecular formula is C16H17N3O. The van der Waals surface area contributed by atoms with E-state index in [-0.39, 0.29) is 12.6 Å². The molecule has 102 valence electrons. The van der Waals surface area contributed by atoms with E-state index in [9.17, 15) is 5.11 Å². The van der Waals surface area contributed by atoms with E-state index in [1.165, 1.54) is 6.42 Å². The molecule has 1 saturated heterocycles. The molecule has 1 fully saturated rings. The molecule has 0 amide bonds. The summed E-state index contributed by atoms with van der Waals surface area (Å²) in [5.74, 6) is 0. The minimum absolute atomic E-state index is 0.192. The summed E-state index contributed by atoms with van der Waals surface area (Å²) in [4.78, 5) is 6.36. The standard InChI is InChI=1S/C16H17N3O/c17-10-16-15-5-4-13(9-12(15)6-7-18-16)19-8-2-1-3-14(19)11-20/h4-7,9,14,20H,1-3,8,11H2/t14-/m1/s1. The van der Waals surface area contributed by atoms with Crippen molar-refractivity contribution >= 4 is 16.5 Å². The number of benzene rings is 1. The highest BCUT2D eigenvalue weighted by atomic mass is 16.3. The fourth-order valence-electron chi connectivity index (χ4n) is 2.96. The van der Waals surface area contributed by atoms with E-state index in [2.05, 4.69) is 22.0 Å². The van der Waals surface area contributed by atoms with Crippen LogP contribution in [-0.4, -0.2) is 29.3 Å².